The van der Waals surface area contributed by atoms with E-state index >= 15 is 0 Å². The molecule has 0 saturated heterocycles. The fourth-order valence-corrected chi connectivity index (χ4v) is 1.67. The lowest BCUT2D eigenvalue weighted by Crippen LogP contribution is -2.24. The number of methoxy groups -OCH3 is 1. The van der Waals surface area contributed by atoms with Crippen LogP contribution in [0.1, 0.15) is 32.8 Å². The summed E-state index contributed by atoms with van der Waals surface area (Å²) in [4.78, 5) is 0. The molecule has 17 heavy (non-hydrogen) atoms. The van der Waals surface area contributed by atoms with Crippen molar-refractivity contribution < 1.29 is 4.74 Å². The van der Waals surface area contributed by atoms with Crippen molar-refractivity contribution in [1.82, 2.24) is 0 Å². The highest BCUT2D eigenvalue weighted by atomic mass is 16.5. The van der Waals surface area contributed by atoms with Gasteiger partial charge in [-0.05, 0) is 25.0 Å². The second kappa shape index (κ2) is 6.15. The van der Waals surface area contributed by atoms with E-state index < -0.39 is 0 Å². The Labute approximate surface area is 103 Å². The molecule has 0 aromatic heterocycles. The number of hydrogen-bond acceptors (Lipinski definition) is 3. The zero-order chi connectivity index (χ0) is 12.8. The molecule has 1 rings (SSSR count). The first kappa shape index (κ1) is 13.4. The van der Waals surface area contributed by atoms with Crippen molar-refractivity contribution in [1.29, 1.82) is 5.26 Å². The normalized spacial score (nSPS) is 13.6. The Morgan fingerprint density at radius 3 is 2.65 bits per heavy atom. The molecule has 0 aliphatic heterocycles. The predicted octanol–water partition coefficient (Wildman–Crippen LogP) is 3.41. The Balaban J connectivity index is 3.00. The zero-order valence-corrected chi connectivity index (χ0v) is 10.9. The number of nitrogens with one attached hydrogen (secondary N) is 1. The first-order valence-corrected chi connectivity index (χ1v) is 5.97. The van der Waals surface area contributed by atoms with Crippen LogP contribution in [0.5, 0.6) is 5.75 Å². The third-order valence-electron chi connectivity index (χ3n) is 3.24. The van der Waals surface area contributed by atoms with Crippen LogP contribution in [0.3, 0.4) is 0 Å². The van der Waals surface area contributed by atoms with Crippen molar-refractivity contribution in [3.05, 3.63) is 23.8 Å². The van der Waals surface area contributed by atoms with Gasteiger partial charge in [-0.25, -0.2) is 0 Å². The van der Waals surface area contributed by atoms with Crippen LogP contribution in [0.4, 0.5) is 5.69 Å². The van der Waals surface area contributed by atoms with Crippen molar-refractivity contribution in [3.8, 4) is 11.8 Å². The van der Waals surface area contributed by atoms with E-state index in [0.717, 1.165) is 17.9 Å². The lowest BCUT2D eigenvalue weighted by atomic mass is 10.00. The minimum atomic E-state index is 0.309. The quantitative estimate of drug-likeness (QED) is 0.846. The molecule has 1 aromatic carbocycles. The fraction of sp³-hybridized carbons (Fsp3) is 0.500. The Hall–Kier alpha value is -1.69. The monoisotopic (exact) mass is 232 g/mol. The van der Waals surface area contributed by atoms with Gasteiger partial charge in [-0.2, -0.15) is 5.26 Å². The molecule has 1 N–H and O–H groups in total. The third kappa shape index (κ3) is 3.13. The largest absolute Gasteiger partial charge is 0.495 e. The molecule has 0 aliphatic carbocycles. The fourth-order valence-electron chi connectivity index (χ4n) is 1.67. The molecule has 0 aliphatic rings. The molecule has 1 aromatic rings. The average Bonchev–Trinajstić information content (AvgIpc) is 2.37. The van der Waals surface area contributed by atoms with Gasteiger partial charge in [0, 0.05) is 6.04 Å². The van der Waals surface area contributed by atoms with Gasteiger partial charge in [0.2, 0.25) is 0 Å². The first-order valence-electron chi connectivity index (χ1n) is 5.97. The van der Waals surface area contributed by atoms with E-state index in [2.05, 4.69) is 32.2 Å². The van der Waals surface area contributed by atoms with E-state index in [1.807, 2.05) is 12.1 Å². The van der Waals surface area contributed by atoms with Crippen LogP contribution < -0.4 is 10.1 Å². The van der Waals surface area contributed by atoms with E-state index in [4.69, 9.17) is 10.00 Å². The molecule has 0 amide bonds. The van der Waals surface area contributed by atoms with Gasteiger partial charge >= 0.3 is 0 Å². The molecule has 92 valence electrons. The van der Waals surface area contributed by atoms with Gasteiger partial charge < -0.3 is 10.1 Å². The molecule has 0 radical (unpaired) electrons. The summed E-state index contributed by atoms with van der Waals surface area (Å²) in [5, 5.41) is 12.5. The first-order chi connectivity index (χ1) is 8.13. The molecule has 2 unspecified atom stereocenters. The standard InChI is InChI=1S/C14H20N2O/c1-5-10(2)11(3)16-14-12(9-15)7-6-8-13(14)17-4/h6-8,10-11,16H,5H2,1-4H3. The highest BCUT2D eigenvalue weighted by molar-refractivity contribution is 5.66. The summed E-state index contributed by atoms with van der Waals surface area (Å²) in [5.41, 5.74) is 1.42. The molecule has 0 bridgehead atoms. The van der Waals surface area contributed by atoms with Crippen molar-refractivity contribution in [3.63, 3.8) is 0 Å². The second-order valence-corrected chi connectivity index (χ2v) is 4.31. The van der Waals surface area contributed by atoms with Gasteiger partial charge in [-0.3, -0.25) is 0 Å². The number of anilines is 1. The van der Waals surface area contributed by atoms with E-state index in [1.165, 1.54) is 0 Å². The molecule has 3 nitrogen and oxygen atoms in total. The Kier molecular flexibility index (Phi) is 4.84. The van der Waals surface area contributed by atoms with Crippen molar-refractivity contribution in [2.24, 2.45) is 5.92 Å². The maximum absolute atomic E-state index is 9.10. The lowest BCUT2D eigenvalue weighted by Gasteiger charge is -2.23. The van der Waals surface area contributed by atoms with E-state index in [9.17, 15) is 0 Å². The van der Waals surface area contributed by atoms with Crippen LogP contribution >= 0.6 is 0 Å². The van der Waals surface area contributed by atoms with Crippen molar-refractivity contribution >= 4 is 5.69 Å². The van der Waals surface area contributed by atoms with E-state index in [1.54, 1.807) is 13.2 Å². The minimum absolute atomic E-state index is 0.309. The number of nitrogens with zero attached hydrogens (tertiary/aromatic N) is 1. The van der Waals surface area contributed by atoms with E-state index in [0.29, 0.717) is 17.5 Å². The SMILES string of the molecule is CCC(C)C(C)Nc1c(C#N)cccc1OC. The molecule has 3 heteroatoms. The number of benzene rings is 1. The molecule has 2 atom stereocenters. The number of ether oxygens (including phenoxy) is 1. The van der Waals surface area contributed by atoms with Crippen LogP contribution in [0.2, 0.25) is 0 Å². The van der Waals surface area contributed by atoms with E-state index in [-0.39, 0.29) is 0 Å². The van der Waals surface area contributed by atoms with Crippen molar-refractivity contribution in [2.75, 3.05) is 12.4 Å². The summed E-state index contributed by atoms with van der Waals surface area (Å²) >= 11 is 0. The smallest absolute Gasteiger partial charge is 0.143 e. The van der Waals surface area contributed by atoms with Crippen molar-refractivity contribution in [2.45, 2.75) is 33.2 Å². The van der Waals surface area contributed by atoms with Crippen LogP contribution in [-0.2, 0) is 0 Å². The molecule has 0 saturated carbocycles. The van der Waals surface area contributed by atoms with Crippen LogP contribution in [-0.4, -0.2) is 13.2 Å². The van der Waals surface area contributed by atoms with Crippen LogP contribution in [0, 0.1) is 17.2 Å². The average molecular weight is 232 g/mol. The van der Waals surface area contributed by atoms with Gasteiger partial charge in [-0.15, -0.1) is 0 Å². The lowest BCUT2D eigenvalue weighted by molar-refractivity contribution is 0.414. The van der Waals surface area contributed by atoms with Gasteiger partial charge in [0.25, 0.3) is 0 Å². The van der Waals surface area contributed by atoms with Crippen LogP contribution in [0.25, 0.3) is 0 Å². The summed E-state index contributed by atoms with van der Waals surface area (Å²) in [7, 11) is 1.62. The van der Waals surface area contributed by atoms with Gasteiger partial charge in [0.15, 0.2) is 0 Å². The number of hydrogen-bond donors (Lipinski definition) is 1. The summed E-state index contributed by atoms with van der Waals surface area (Å²) in [5.74, 6) is 1.27. The summed E-state index contributed by atoms with van der Waals surface area (Å²) in [6.45, 7) is 6.48. The maximum atomic E-state index is 9.10. The topological polar surface area (TPSA) is 45.0 Å². The van der Waals surface area contributed by atoms with Gasteiger partial charge in [-0.1, -0.05) is 26.3 Å². The van der Waals surface area contributed by atoms with Gasteiger partial charge in [0.1, 0.15) is 11.8 Å². The third-order valence-corrected chi connectivity index (χ3v) is 3.24. The Morgan fingerprint density at radius 1 is 1.41 bits per heavy atom. The summed E-state index contributed by atoms with van der Waals surface area (Å²) < 4.78 is 5.29. The van der Waals surface area contributed by atoms with Gasteiger partial charge in [0.05, 0.1) is 18.4 Å². The Morgan fingerprint density at radius 2 is 2.12 bits per heavy atom. The van der Waals surface area contributed by atoms with Crippen LogP contribution in [0.15, 0.2) is 18.2 Å². The summed E-state index contributed by atoms with van der Waals surface area (Å²) in [6, 6.07) is 8.00. The number of para-hydroxylation sites is 1. The summed E-state index contributed by atoms with van der Waals surface area (Å²) in [6.07, 6.45) is 1.10. The maximum Gasteiger partial charge on any atom is 0.143 e. The predicted molar refractivity (Wildman–Crippen MR) is 70.2 cm³/mol. The Bertz CT molecular complexity index is 409. The number of rotatable bonds is 5. The molecular weight excluding hydrogens is 212 g/mol. The molecular formula is C14H20N2O. The second-order valence-electron chi connectivity index (χ2n) is 4.31. The highest BCUT2D eigenvalue weighted by Gasteiger charge is 2.15. The minimum Gasteiger partial charge on any atom is -0.495 e. The molecule has 0 fully saturated rings. The zero-order valence-electron chi connectivity index (χ0n) is 10.9. The number of nitriles is 1. The molecule has 0 heterocycles. The molecule has 0 spiro atoms. The highest BCUT2D eigenvalue weighted by Crippen LogP contribution is 2.29.